The molecule has 0 unspecified atom stereocenters. The number of carbonyl (C=O) groups is 1. The third-order valence-electron chi connectivity index (χ3n) is 3.71. The summed E-state index contributed by atoms with van der Waals surface area (Å²) >= 11 is 0. The highest BCUT2D eigenvalue weighted by Crippen LogP contribution is 2.31. The van der Waals surface area contributed by atoms with Gasteiger partial charge in [-0.3, -0.25) is 4.79 Å². The third kappa shape index (κ3) is 3.28. The zero-order valence-corrected chi connectivity index (χ0v) is 12.4. The van der Waals surface area contributed by atoms with Gasteiger partial charge in [0.2, 0.25) is 0 Å². The van der Waals surface area contributed by atoms with Gasteiger partial charge >= 0.3 is 0 Å². The van der Waals surface area contributed by atoms with Gasteiger partial charge in [-0.05, 0) is 51.7 Å². The van der Waals surface area contributed by atoms with Crippen LogP contribution in [0.25, 0.3) is 0 Å². The third-order valence-corrected chi connectivity index (χ3v) is 3.71. The van der Waals surface area contributed by atoms with Crippen molar-refractivity contribution < 1.29 is 4.79 Å². The lowest BCUT2D eigenvalue weighted by atomic mass is 10.1. The Kier molecular flexibility index (Phi) is 4.13. The fraction of sp³-hybridized carbons (Fsp3) is 0.562. The average molecular weight is 260 g/mol. The molecule has 0 saturated heterocycles. The summed E-state index contributed by atoms with van der Waals surface area (Å²) in [6, 6.07) is 6.25. The lowest BCUT2D eigenvalue weighted by molar-refractivity contribution is 0.0697. The van der Waals surface area contributed by atoms with Crippen LogP contribution in [0, 0.1) is 12.8 Å². The van der Waals surface area contributed by atoms with Crippen molar-refractivity contribution in [2.24, 2.45) is 5.92 Å². The molecule has 104 valence electrons. The highest BCUT2D eigenvalue weighted by atomic mass is 16.2. The number of carbonyl (C=O) groups excluding carboxylic acids is 1. The predicted molar refractivity (Wildman–Crippen MR) is 79.6 cm³/mol. The Morgan fingerprint density at radius 2 is 2.11 bits per heavy atom. The molecule has 2 rings (SSSR count). The Hall–Kier alpha value is -1.51. The molecule has 19 heavy (non-hydrogen) atoms. The number of benzene rings is 1. The van der Waals surface area contributed by atoms with Crippen molar-refractivity contribution in [3.05, 3.63) is 29.3 Å². The van der Waals surface area contributed by atoms with E-state index in [0.29, 0.717) is 5.92 Å². The quantitative estimate of drug-likeness (QED) is 0.881. The molecular weight excluding hydrogens is 236 g/mol. The molecule has 3 heteroatoms. The maximum Gasteiger partial charge on any atom is 0.256 e. The Labute approximate surface area is 116 Å². The SMILES string of the molecule is CNc1ccc(C)cc1C(=O)N(CC1CC1)C(C)C. The first kappa shape index (κ1) is 13.9. The molecular formula is C16H24N2O. The van der Waals surface area contributed by atoms with Crippen LogP contribution in [-0.4, -0.2) is 30.4 Å². The molecule has 1 N–H and O–H groups in total. The molecule has 1 saturated carbocycles. The van der Waals surface area contributed by atoms with Gasteiger partial charge < -0.3 is 10.2 Å². The molecule has 0 heterocycles. The predicted octanol–water partition coefficient (Wildman–Crippen LogP) is 3.30. The minimum absolute atomic E-state index is 0.148. The lowest BCUT2D eigenvalue weighted by Crippen LogP contribution is -2.38. The van der Waals surface area contributed by atoms with Crippen molar-refractivity contribution in [3.63, 3.8) is 0 Å². The first-order valence-electron chi connectivity index (χ1n) is 7.12. The van der Waals surface area contributed by atoms with E-state index in [1.807, 2.05) is 37.1 Å². The molecule has 1 aliphatic carbocycles. The summed E-state index contributed by atoms with van der Waals surface area (Å²) in [5, 5.41) is 3.12. The van der Waals surface area contributed by atoms with E-state index >= 15 is 0 Å². The molecule has 0 aliphatic heterocycles. The number of rotatable bonds is 5. The molecule has 1 amide bonds. The van der Waals surface area contributed by atoms with Crippen molar-refractivity contribution in [2.75, 3.05) is 18.9 Å². The number of anilines is 1. The van der Waals surface area contributed by atoms with Crippen molar-refractivity contribution in [1.29, 1.82) is 0 Å². The van der Waals surface area contributed by atoms with Crippen molar-refractivity contribution in [1.82, 2.24) is 4.90 Å². The minimum atomic E-state index is 0.148. The van der Waals surface area contributed by atoms with Crippen LogP contribution < -0.4 is 5.32 Å². The largest absolute Gasteiger partial charge is 0.387 e. The van der Waals surface area contributed by atoms with Gasteiger partial charge in [-0.1, -0.05) is 11.6 Å². The smallest absolute Gasteiger partial charge is 0.256 e. The van der Waals surface area contributed by atoms with Crippen LogP contribution in [0.1, 0.15) is 42.6 Å². The van der Waals surface area contributed by atoms with Gasteiger partial charge in [0, 0.05) is 25.3 Å². The van der Waals surface area contributed by atoms with Crippen LogP contribution in [0.5, 0.6) is 0 Å². The summed E-state index contributed by atoms with van der Waals surface area (Å²) in [5.41, 5.74) is 2.83. The molecule has 0 aromatic heterocycles. The van der Waals surface area contributed by atoms with E-state index in [1.165, 1.54) is 12.8 Å². The monoisotopic (exact) mass is 260 g/mol. The molecule has 1 aromatic rings. The van der Waals surface area contributed by atoms with Crippen molar-refractivity contribution >= 4 is 11.6 Å². The number of hydrogen-bond donors (Lipinski definition) is 1. The second-order valence-corrected chi connectivity index (χ2v) is 5.79. The molecule has 1 aromatic carbocycles. The maximum atomic E-state index is 12.8. The van der Waals surface area contributed by atoms with Crippen molar-refractivity contribution in [2.45, 2.75) is 39.7 Å². The van der Waals surface area contributed by atoms with Crippen LogP contribution >= 0.6 is 0 Å². The molecule has 1 aliphatic rings. The molecule has 0 spiro atoms. The number of hydrogen-bond acceptors (Lipinski definition) is 2. The molecule has 0 atom stereocenters. The number of nitrogens with zero attached hydrogens (tertiary/aromatic N) is 1. The summed E-state index contributed by atoms with van der Waals surface area (Å²) in [5.74, 6) is 0.865. The normalized spacial score (nSPS) is 14.6. The van der Waals surface area contributed by atoms with Crippen LogP contribution in [0.2, 0.25) is 0 Å². The molecule has 3 nitrogen and oxygen atoms in total. The van der Waals surface area contributed by atoms with E-state index in [0.717, 1.165) is 23.4 Å². The van der Waals surface area contributed by atoms with Gasteiger partial charge in [-0.15, -0.1) is 0 Å². The fourth-order valence-corrected chi connectivity index (χ4v) is 2.31. The Morgan fingerprint density at radius 1 is 1.42 bits per heavy atom. The maximum absolute atomic E-state index is 12.8. The van der Waals surface area contributed by atoms with Crippen LogP contribution in [-0.2, 0) is 0 Å². The van der Waals surface area contributed by atoms with E-state index in [1.54, 1.807) is 0 Å². The van der Waals surface area contributed by atoms with Gasteiger partial charge in [-0.2, -0.15) is 0 Å². The molecule has 0 radical (unpaired) electrons. The Bertz CT molecular complexity index is 464. The van der Waals surface area contributed by atoms with Crippen molar-refractivity contribution in [3.8, 4) is 0 Å². The fourth-order valence-electron chi connectivity index (χ4n) is 2.31. The Morgan fingerprint density at radius 3 is 2.63 bits per heavy atom. The summed E-state index contributed by atoms with van der Waals surface area (Å²) in [6.45, 7) is 7.11. The van der Waals surface area contributed by atoms with Gasteiger partial charge in [0.05, 0.1) is 5.56 Å². The van der Waals surface area contributed by atoms with E-state index in [-0.39, 0.29) is 11.9 Å². The van der Waals surface area contributed by atoms with Gasteiger partial charge in [0.25, 0.3) is 5.91 Å². The Balaban J connectivity index is 2.26. The summed E-state index contributed by atoms with van der Waals surface area (Å²) in [4.78, 5) is 14.8. The first-order chi connectivity index (χ1) is 9.02. The first-order valence-corrected chi connectivity index (χ1v) is 7.12. The highest BCUT2D eigenvalue weighted by Gasteiger charge is 2.29. The topological polar surface area (TPSA) is 32.3 Å². The zero-order valence-electron chi connectivity index (χ0n) is 12.4. The summed E-state index contributed by atoms with van der Waals surface area (Å²) in [6.07, 6.45) is 2.53. The molecule has 1 fully saturated rings. The second kappa shape index (κ2) is 5.64. The minimum Gasteiger partial charge on any atom is -0.387 e. The standard InChI is InChI=1S/C16H24N2O/c1-11(2)18(10-13-6-7-13)16(19)14-9-12(3)5-8-15(14)17-4/h5,8-9,11,13,17H,6-7,10H2,1-4H3. The number of amides is 1. The lowest BCUT2D eigenvalue weighted by Gasteiger charge is -2.28. The van der Waals surface area contributed by atoms with Crippen LogP contribution in [0.3, 0.4) is 0 Å². The van der Waals surface area contributed by atoms with Gasteiger partial charge in [0.1, 0.15) is 0 Å². The van der Waals surface area contributed by atoms with E-state index in [9.17, 15) is 4.79 Å². The highest BCUT2D eigenvalue weighted by molar-refractivity contribution is 6.00. The summed E-state index contributed by atoms with van der Waals surface area (Å²) in [7, 11) is 1.86. The number of aryl methyl sites for hydroxylation is 1. The van der Waals surface area contributed by atoms with Gasteiger partial charge in [-0.25, -0.2) is 0 Å². The molecule has 0 bridgehead atoms. The zero-order chi connectivity index (χ0) is 14.0. The van der Waals surface area contributed by atoms with E-state index in [2.05, 4.69) is 19.2 Å². The average Bonchev–Trinajstić information content (AvgIpc) is 3.18. The van der Waals surface area contributed by atoms with Crippen LogP contribution in [0.15, 0.2) is 18.2 Å². The number of nitrogens with one attached hydrogen (secondary N) is 1. The van der Waals surface area contributed by atoms with E-state index < -0.39 is 0 Å². The summed E-state index contributed by atoms with van der Waals surface area (Å²) < 4.78 is 0. The van der Waals surface area contributed by atoms with E-state index in [4.69, 9.17) is 0 Å². The van der Waals surface area contributed by atoms with Gasteiger partial charge in [0.15, 0.2) is 0 Å². The van der Waals surface area contributed by atoms with Crippen LogP contribution in [0.4, 0.5) is 5.69 Å². The second-order valence-electron chi connectivity index (χ2n) is 5.79.